The summed E-state index contributed by atoms with van der Waals surface area (Å²) in [6.45, 7) is 2.24. The van der Waals surface area contributed by atoms with Crippen LogP contribution in [0.15, 0.2) is 0 Å². The van der Waals surface area contributed by atoms with E-state index in [2.05, 4.69) is 17.3 Å². The molecule has 18 heavy (non-hydrogen) atoms. The van der Waals surface area contributed by atoms with E-state index in [1.807, 2.05) is 0 Å². The lowest BCUT2D eigenvalue weighted by atomic mass is 9.86. The van der Waals surface area contributed by atoms with Crippen molar-refractivity contribution in [2.45, 2.75) is 63.8 Å². The Morgan fingerprint density at radius 1 is 1.11 bits per heavy atom. The van der Waals surface area contributed by atoms with Crippen LogP contribution in [0.2, 0.25) is 0 Å². The summed E-state index contributed by atoms with van der Waals surface area (Å²) in [6, 6.07) is 0.431. The van der Waals surface area contributed by atoms with E-state index in [1.165, 1.54) is 32.1 Å². The van der Waals surface area contributed by atoms with E-state index in [0.29, 0.717) is 6.04 Å². The Hall–Kier alpha value is -0.570. The van der Waals surface area contributed by atoms with Gasteiger partial charge in [-0.2, -0.15) is 0 Å². The molecule has 0 bridgehead atoms. The molecule has 2 aliphatic rings. The van der Waals surface area contributed by atoms with Crippen LogP contribution in [0, 0.1) is 5.92 Å². The SMILES string of the molecule is CN1CCC(NC(=O)CCC2CCCCC2)CC1. The molecule has 104 valence electrons. The Morgan fingerprint density at radius 2 is 1.78 bits per heavy atom. The average Bonchev–Trinajstić information content (AvgIpc) is 2.40. The second-order valence-electron chi connectivity index (χ2n) is 6.19. The number of nitrogens with zero attached hydrogens (tertiary/aromatic N) is 1. The predicted octanol–water partition coefficient (Wildman–Crippen LogP) is 2.56. The van der Waals surface area contributed by atoms with Gasteiger partial charge < -0.3 is 10.2 Å². The molecule has 1 aliphatic carbocycles. The summed E-state index contributed by atoms with van der Waals surface area (Å²) in [5.41, 5.74) is 0. The molecule has 0 unspecified atom stereocenters. The Bertz CT molecular complexity index is 253. The van der Waals surface area contributed by atoms with Crippen molar-refractivity contribution in [1.82, 2.24) is 10.2 Å². The monoisotopic (exact) mass is 252 g/mol. The topological polar surface area (TPSA) is 32.3 Å². The number of carbonyl (C=O) groups excluding carboxylic acids is 1. The molecule has 0 spiro atoms. The Balaban J connectivity index is 1.59. The van der Waals surface area contributed by atoms with Gasteiger partial charge >= 0.3 is 0 Å². The summed E-state index contributed by atoms with van der Waals surface area (Å²) < 4.78 is 0. The molecule has 1 amide bonds. The first-order valence-electron chi connectivity index (χ1n) is 7.72. The molecule has 1 aliphatic heterocycles. The second-order valence-corrected chi connectivity index (χ2v) is 6.19. The van der Waals surface area contributed by atoms with Crippen LogP contribution >= 0.6 is 0 Å². The predicted molar refractivity (Wildman–Crippen MR) is 74.5 cm³/mol. The van der Waals surface area contributed by atoms with Gasteiger partial charge in [-0.05, 0) is 45.3 Å². The fraction of sp³-hybridized carbons (Fsp3) is 0.933. The standard InChI is InChI=1S/C15H28N2O/c1-17-11-9-14(10-12-17)16-15(18)8-7-13-5-3-2-4-6-13/h13-14H,2-12H2,1H3,(H,16,18). The van der Waals surface area contributed by atoms with Crippen molar-refractivity contribution in [3.63, 3.8) is 0 Å². The Morgan fingerprint density at radius 3 is 2.44 bits per heavy atom. The van der Waals surface area contributed by atoms with Gasteiger partial charge in [0.1, 0.15) is 0 Å². The van der Waals surface area contributed by atoms with Crippen molar-refractivity contribution < 1.29 is 4.79 Å². The molecule has 0 atom stereocenters. The van der Waals surface area contributed by atoms with Gasteiger partial charge in [0, 0.05) is 12.5 Å². The lowest BCUT2D eigenvalue weighted by Crippen LogP contribution is -2.43. The maximum absolute atomic E-state index is 11.9. The first kappa shape index (κ1) is 13.9. The summed E-state index contributed by atoms with van der Waals surface area (Å²) in [4.78, 5) is 14.2. The quantitative estimate of drug-likeness (QED) is 0.834. The molecule has 0 radical (unpaired) electrons. The van der Waals surface area contributed by atoms with Gasteiger partial charge in [-0.15, -0.1) is 0 Å². The highest BCUT2D eigenvalue weighted by atomic mass is 16.1. The Kier molecular flexibility index (Phi) is 5.48. The van der Waals surface area contributed by atoms with Crippen LogP contribution in [-0.2, 0) is 4.79 Å². The largest absolute Gasteiger partial charge is 0.353 e. The van der Waals surface area contributed by atoms with Crippen molar-refractivity contribution in [2.75, 3.05) is 20.1 Å². The minimum Gasteiger partial charge on any atom is -0.353 e. The van der Waals surface area contributed by atoms with Gasteiger partial charge in [0.15, 0.2) is 0 Å². The zero-order chi connectivity index (χ0) is 12.8. The zero-order valence-corrected chi connectivity index (χ0v) is 11.8. The maximum atomic E-state index is 11.9. The summed E-state index contributed by atoms with van der Waals surface area (Å²) >= 11 is 0. The lowest BCUT2D eigenvalue weighted by molar-refractivity contribution is -0.122. The van der Waals surface area contributed by atoms with E-state index in [0.717, 1.165) is 44.7 Å². The normalized spacial score (nSPS) is 24.1. The molecule has 1 N–H and O–H groups in total. The molecule has 0 aromatic heterocycles. The molecule has 1 saturated carbocycles. The van der Waals surface area contributed by atoms with Gasteiger partial charge in [0.25, 0.3) is 0 Å². The van der Waals surface area contributed by atoms with Crippen LogP contribution in [0.5, 0.6) is 0 Å². The van der Waals surface area contributed by atoms with Crippen molar-refractivity contribution in [1.29, 1.82) is 0 Å². The third-order valence-corrected chi connectivity index (χ3v) is 4.59. The zero-order valence-electron chi connectivity index (χ0n) is 11.8. The van der Waals surface area contributed by atoms with Crippen LogP contribution < -0.4 is 5.32 Å². The van der Waals surface area contributed by atoms with E-state index < -0.39 is 0 Å². The molecule has 2 fully saturated rings. The number of hydrogen-bond acceptors (Lipinski definition) is 2. The van der Waals surface area contributed by atoms with Crippen LogP contribution in [0.4, 0.5) is 0 Å². The van der Waals surface area contributed by atoms with Crippen molar-refractivity contribution in [2.24, 2.45) is 5.92 Å². The lowest BCUT2D eigenvalue weighted by Gasteiger charge is -2.29. The van der Waals surface area contributed by atoms with E-state index >= 15 is 0 Å². The minimum absolute atomic E-state index is 0.287. The fourth-order valence-corrected chi connectivity index (χ4v) is 3.26. The first-order valence-corrected chi connectivity index (χ1v) is 7.72. The number of likely N-dealkylation sites (tertiary alicyclic amines) is 1. The maximum Gasteiger partial charge on any atom is 0.220 e. The fourth-order valence-electron chi connectivity index (χ4n) is 3.26. The average molecular weight is 252 g/mol. The number of nitrogens with one attached hydrogen (secondary N) is 1. The van der Waals surface area contributed by atoms with E-state index in [1.54, 1.807) is 0 Å². The van der Waals surface area contributed by atoms with Crippen LogP contribution in [0.25, 0.3) is 0 Å². The highest BCUT2D eigenvalue weighted by molar-refractivity contribution is 5.76. The highest BCUT2D eigenvalue weighted by Gasteiger charge is 2.19. The summed E-state index contributed by atoms with van der Waals surface area (Å²) in [7, 11) is 2.15. The minimum atomic E-state index is 0.287. The van der Waals surface area contributed by atoms with E-state index in [-0.39, 0.29) is 5.91 Å². The Labute approximate surface area is 111 Å². The summed E-state index contributed by atoms with van der Waals surface area (Å²) in [5.74, 6) is 1.11. The van der Waals surface area contributed by atoms with Crippen LogP contribution in [0.1, 0.15) is 57.8 Å². The number of amides is 1. The number of rotatable bonds is 4. The molecule has 3 nitrogen and oxygen atoms in total. The van der Waals surface area contributed by atoms with Gasteiger partial charge in [0.2, 0.25) is 5.91 Å². The number of hydrogen-bond donors (Lipinski definition) is 1. The summed E-state index contributed by atoms with van der Waals surface area (Å²) in [5, 5.41) is 3.21. The van der Waals surface area contributed by atoms with Crippen molar-refractivity contribution in [3.8, 4) is 0 Å². The van der Waals surface area contributed by atoms with Crippen LogP contribution in [-0.4, -0.2) is 37.0 Å². The van der Waals surface area contributed by atoms with Gasteiger partial charge in [0.05, 0.1) is 0 Å². The van der Waals surface area contributed by atoms with Crippen molar-refractivity contribution >= 4 is 5.91 Å². The van der Waals surface area contributed by atoms with E-state index in [9.17, 15) is 4.79 Å². The summed E-state index contributed by atoms with van der Waals surface area (Å²) in [6.07, 6.45) is 10.9. The van der Waals surface area contributed by atoms with Gasteiger partial charge in [-0.3, -0.25) is 4.79 Å². The second kappa shape index (κ2) is 7.13. The van der Waals surface area contributed by atoms with E-state index in [4.69, 9.17) is 0 Å². The molecule has 0 aromatic carbocycles. The van der Waals surface area contributed by atoms with Crippen LogP contribution in [0.3, 0.4) is 0 Å². The molecule has 1 heterocycles. The van der Waals surface area contributed by atoms with Crippen molar-refractivity contribution in [3.05, 3.63) is 0 Å². The highest BCUT2D eigenvalue weighted by Crippen LogP contribution is 2.27. The molecule has 0 aromatic rings. The van der Waals surface area contributed by atoms with Gasteiger partial charge in [-0.1, -0.05) is 32.1 Å². The van der Waals surface area contributed by atoms with Gasteiger partial charge in [-0.25, -0.2) is 0 Å². The molecule has 1 saturated heterocycles. The third-order valence-electron chi connectivity index (χ3n) is 4.59. The number of piperidine rings is 1. The molecule has 3 heteroatoms. The molecule has 2 rings (SSSR count). The molecular weight excluding hydrogens is 224 g/mol. The third kappa shape index (κ3) is 4.60. The first-order chi connectivity index (χ1) is 8.74. The number of carbonyl (C=O) groups is 1. The smallest absolute Gasteiger partial charge is 0.220 e. The molecular formula is C15H28N2O.